The van der Waals surface area contributed by atoms with Crippen LogP contribution in [0.5, 0.6) is 5.75 Å². The number of nitrogens with one attached hydrogen (secondary N) is 1. The monoisotopic (exact) mass is 212 g/mol. The zero-order chi connectivity index (χ0) is 9.97. The maximum Gasteiger partial charge on any atom is 0.171 e. The number of halogens is 1. The van der Waals surface area contributed by atoms with Crippen LogP contribution in [0, 0.1) is 6.92 Å². The van der Waals surface area contributed by atoms with Crippen LogP contribution >= 0.6 is 11.6 Å². The molecule has 76 valence electrons. The molecule has 3 nitrogen and oxygen atoms in total. The average Bonchev–Trinajstić information content (AvgIpc) is 2.62. The Morgan fingerprint density at radius 1 is 1.57 bits per heavy atom. The molecule has 0 saturated carbocycles. The van der Waals surface area contributed by atoms with E-state index in [-0.39, 0.29) is 6.10 Å². The Kier molecular flexibility index (Phi) is 2.89. The lowest BCUT2D eigenvalue weighted by atomic mass is 10.3. The second kappa shape index (κ2) is 4.15. The number of ether oxygens (including phenoxy) is 1. The molecule has 0 aliphatic carbocycles. The molecule has 1 fully saturated rings. The Labute approximate surface area is 88.4 Å². The SMILES string of the molecule is Cc1ccc(OC2CCNC2)c(Cl)n1. The van der Waals surface area contributed by atoms with Gasteiger partial charge in [-0.2, -0.15) is 0 Å². The Morgan fingerprint density at radius 3 is 3.07 bits per heavy atom. The van der Waals surface area contributed by atoms with Gasteiger partial charge in [0, 0.05) is 12.2 Å². The highest BCUT2D eigenvalue weighted by molar-refractivity contribution is 6.30. The Hall–Kier alpha value is -0.800. The smallest absolute Gasteiger partial charge is 0.171 e. The molecule has 14 heavy (non-hydrogen) atoms. The van der Waals surface area contributed by atoms with Gasteiger partial charge in [-0.3, -0.25) is 0 Å². The van der Waals surface area contributed by atoms with Gasteiger partial charge >= 0.3 is 0 Å². The zero-order valence-electron chi connectivity index (χ0n) is 8.09. The van der Waals surface area contributed by atoms with E-state index >= 15 is 0 Å². The van der Waals surface area contributed by atoms with Gasteiger partial charge in [0.1, 0.15) is 6.10 Å². The summed E-state index contributed by atoms with van der Waals surface area (Å²) >= 11 is 5.95. The molecule has 0 bridgehead atoms. The summed E-state index contributed by atoms with van der Waals surface area (Å²) in [5, 5.41) is 3.69. The van der Waals surface area contributed by atoms with Crippen molar-refractivity contribution in [2.24, 2.45) is 0 Å². The van der Waals surface area contributed by atoms with Crippen LogP contribution in [0.1, 0.15) is 12.1 Å². The van der Waals surface area contributed by atoms with Crippen LogP contribution in [0.4, 0.5) is 0 Å². The summed E-state index contributed by atoms with van der Waals surface area (Å²) in [6, 6.07) is 3.78. The number of nitrogens with zero attached hydrogens (tertiary/aromatic N) is 1. The van der Waals surface area contributed by atoms with Gasteiger partial charge in [0.2, 0.25) is 0 Å². The lowest BCUT2D eigenvalue weighted by molar-refractivity contribution is 0.222. The van der Waals surface area contributed by atoms with Crippen LogP contribution < -0.4 is 10.1 Å². The minimum absolute atomic E-state index is 0.233. The average molecular weight is 213 g/mol. The summed E-state index contributed by atoms with van der Waals surface area (Å²) in [6.45, 7) is 3.82. The van der Waals surface area contributed by atoms with Crippen molar-refractivity contribution in [1.82, 2.24) is 10.3 Å². The number of hydrogen-bond donors (Lipinski definition) is 1. The summed E-state index contributed by atoms with van der Waals surface area (Å²) in [7, 11) is 0. The largest absolute Gasteiger partial charge is 0.486 e. The Balaban J connectivity index is 2.08. The summed E-state index contributed by atoms with van der Waals surface area (Å²) in [5.74, 6) is 0.686. The molecule has 1 aromatic rings. The highest BCUT2D eigenvalue weighted by Gasteiger charge is 2.17. The van der Waals surface area contributed by atoms with Gasteiger partial charge in [0.25, 0.3) is 0 Å². The first kappa shape index (κ1) is 9.74. The lowest BCUT2D eigenvalue weighted by Crippen LogP contribution is -2.19. The second-order valence-electron chi connectivity index (χ2n) is 3.47. The van der Waals surface area contributed by atoms with E-state index in [4.69, 9.17) is 16.3 Å². The number of aryl methyl sites for hydroxylation is 1. The van der Waals surface area contributed by atoms with Crippen molar-refractivity contribution < 1.29 is 4.74 Å². The van der Waals surface area contributed by atoms with E-state index < -0.39 is 0 Å². The third-order valence-corrected chi connectivity index (χ3v) is 2.53. The molecule has 2 heterocycles. The fourth-order valence-corrected chi connectivity index (χ4v) is 1.75. The first-order valence-corrected chi connectivity index (χ1v) is 5.14. The van der Waals surface area contributed by atoms with E-state index in [9.17, 15) is 0 Å². The van der Waals surface area contributed by atoms with Gasteiger partial charge in [-0.25, -0.2) is 4.98 Å². The molecule has 1 unspecified atom stereocenters. The van der Waals surface area contributed by atoms with Crippen molar-refractivity contribution in [3.63, 3.8) is 0 Å². The number of hydrogen-bond acceptors (Lipinski definition) is 3. The van der Waals surface area contributed by atoms with E-state index in [2.05, 4.69) is 10.3 Å². The first-order valence-electron chi connectivity index (χ1n) is 4.76. The minimum Gasteiger partial charge on any atom is -0.486 e. The van der Waals surface area contributed by atoms with E-state index in [1.165, 1.54) is 0 Å². The first-order chi connectivity index (χ1) is 6.75. The molecular formula is C10H13ClN2O. The maximum atomic E-state index is 5.95. The molecular weight excluding hydrogens is 200 g/mol. The van der Waals surface area contributed by atoms with Crippen molar-refractivity contribution in [3.8, 4) is 5.75 Å². The van der Waals surface area contributed by atoms with Crippen molar-refractivity contribution >= 4 is 11.6 Å². The molecule has 0 aromatic carbocycles. The highest BCUT2D eigenvalue weighted by Crippen LogP contribution is 2.24. The molecule has 1 N–H and O–H groups in total. The number of pyridine rings is 1. The fraction of sp³-hybridized carbons (Fsp3) is 0.500. The molecule has 1 aliphatic heterocycles. The van der Waals surface area contributed by atoms with Gasteiger partial charge < -0.3 is 10.1 Å². The summed E-state index contributed by atoms with van der Waals surface area (Å²) in [4.78, 5) is 4.14. The van der Waals surface area contributed by atoms with Crippen LogP contribution in [-0.2, 0) is 0 Å². The van der Waals surface area contributed by atoms with Gasteiger partial charge in [-0.15, -0.1) is 0 Å². The summed E-state index contributed by atoms with van der Waals surface area (Å²) in [5.41, 5.74) is 0.909. The second-order valence-corrected chi connectivity index (χ2v) is 3.83. The lowest BCUT2D eigenvalue weighted by Gasteiger charge is -2.13. The topological polar surface area (TPSA) is 34.1 Å². The van der Waals surface area contributed by atoms with Gasteiger partial charge in [0.15, 0.2) is 10.9 Å². The molecule has 1 aliphatic rings. The van der Waals surface area contributed by atoms with Gasteiger partial charge in [-0.1, -0.05) is 11.6 Å². The van der Waals surface area contributed by atoms with Crippen molar-refractivity contribution in [1.29, 1.82) is 0 Å². The van der Waals surface area contributed by atoms with E-state index in [0.29, 0.717) is 10.9 Å². The summed E-state index contributed by atoms with van der Waals surface area (Å²) < 4.78 is 5.70. The van der Waals surface area contributed by atoms with Crippen LogP contribution in [0.3, 0.4) is 0 Å². The molecule has 2 rings (SSSR count). The van der Waals surface area contributed by atoms with Gasteiger partial charge in [0.05, 0.1) is 0 Å². The van der Waals surface area contributed by atoms with Crippen LogP contribution in [-0.4, -0.2) is 24.2 Å². The Bertz CT molecular complexity index is 324. The van der Waals surface area contributed by atoms with Crippen LogP contribution in [0.25, 0.3) is 0 Å². The normalized spacial score (nSPS) is 21.1. The molecule has 1 saturated heterocycles. The molecule has 4 heteroatoms. The molecule has 1 atom stereocenters. The number of rotatable bonds is 2. The molecule has 0 radical (unpaired) electrons. The fourth-order valence-electron chi connectivity index (χ4n) is 1.51. The highest BCUT2D eigenvalue weighted by atomic mass is 35.5. The van der Waals surface area contributed by atoms with E-state index in [1.54, 1.807) is 0 Å². The molecule has 0 spiro atoms. The minimum atomic E-state index is 0.233. The van der Waals surface area contributed by atoms with E-state index in [1.807, 2.05) is 19.1 Å². The van der Waals surface area contributed by atoms with Gasteiger partial charge in [-0.05, 0) is 32.0 Å². The molecule has 1 aromatic heterocycles. The van der Waals surface area contributed by atoms with E-state index in [0.717, 1.165) is 25.2 Å². The summed E-state index contributed by atoms with van der Waals surface area (Å²) in [6.07, 6.45) is 1.27. The molecule has 0 amide bonds. The van der Waals surface area contributed by atoms with Crippen molar-refractivity contribution in [2.45, 2.75) is 19.4 Å². The number of aromatic nitrogens is 1. The third-order valence-electron chi connectivity index (χ3n) is 2.26. The van der Waals surface area contributed by atoms with Crippen molar-refractivity contribution in [2.75, 3.05) is 13.1 Å². The van der Waals surface area contributed by atoms with Crippen LogP contribution in [0.2, 0.25) is 5.15 Å². The zero-order valence-corrected chi connectivity index (χ0v) is 8.84. The maximum absolute atomic E-state index is 5.95. The van der Waals surface area contributed by atoms with Crippen molar-refractivity contribution in [3.05, 3.63) is 23.0 Å². The van der Waals surface area contributed by atoms with Crippen LogP contribution in [0.15, 0.2) is 12.1 Å². The standard InChI is InChI=1S/C10H13ClN2O/c1-7-2-3-9(10(11)13-7)14-8-4-5-12-6-8/h2-3,8,12H,4-6H2,1H3. The quantitative estimate of drug-likeness (QED) is 0.759. The Morgan fingerprint density at radius 2 is 2.43 bits per heavy atom. The third kappa shape index (κ3) is 2.16. The predicted octanol–water partition coefficient (Wildman–Crippen LogP) is 1.78. The predicted molar refractivity (Wildman–Crippen MR) is 55.9 cm³/mol.